The van der Waals surface area contributed by atoms with E-state index >= 15 is 0 Å². The zero-order valence-electron chi connectivity index (χ0n) is 6.74. The van der Waals surface area contributed by atoms with Crippen LogP contribution >= 0.6 is 11.3 Å². The van der Waals surface area contributed by atoms with Crippen LogP contribution in [0.4, 0.5) is 5.13 Å². The summed E-state index contributed by atoms with van der Waals surface area (Å²) >= 11 is 1.39. The number of aromatic nitrogens is 1. The van der Waals surface area contributed by atoms with Gasteiger partial charge in [-0.3, -0.25) is 0 Å². The molecule has 1 heterocycles. The van der Waals surface area contributed by atoms with E-state index in [0.29, 0.717) is 5.13 Å². The fraction of sp³-hybridized carbons (Fsp3) is 0.143. The van der Waals surface area contributed by atoms with Crippen molar-refractivity contribution in [3.05, 3.63) is 17.7 Å². The maximum absolute atomic E-state index is 5.45. The fourth-order valence-corrected chi connectivity index (χ4v) is 1.23. The number of nitrogens with one attached hydrogen (secondary N) is 1. The van der Waals surface area contributed by atoms with Crippen molar-refractivity contribution in [2.75, 3.05) is 12.8 Å². The number of rotatable bonds is 3. The summed E-state index contributed by atoms with van der Waals surface area (Å²) in [5.41, 5.74) is 9.60. The Bertz CT molecular complexity index is 302. The quantitative estimate of drug-likeness (QED) is 0.540. The van der Waals surface area contributed by atoms with Gasteiger partial charge in [-0.1, -0.05) is 6.58 Å². The number of nitrogen functional groups attached to an aromatic ring is 1. The Morgan fingerprint density at radius 3 is 3.17 bits per heavy atom. The molecule has 64 valence electrons. The molecular formula is C7H10N4S. The Labute approximate surface area is 74.8 Å². The lowest BCUT2D eigenvalue weighted by atomic mass is 10.3. The molecule has 0 aliphatic heterocycles. The van der Waals surface area contributed by atoms with Gasteiger partial charge in [-0.2, -0.15) is 5.10 Å². The van der Waals surface area contributed by atoms with Crippen molar-refractivity contribution in [1.29, 1.82) is 0 Å². The third-order valence-electron chi connectivity index (χ3n) is 1.20. The third-order valence-corrected chi connectivity index (χ3v) is 1.87. The van der Waals surface area contributed by atoms with Crippen LogP contribution in [0.1, 0.15) is 5.69 Å². The van der Waals surface area contributed by atoms with Crippen molar-refractivity contribution in [1.82, 2.24) is 10.4 Å². The summed E-state index contributed by atoms with van der Waals surface area (Å²) in [6, 6.07) is 0. The van der Waals surface area contributed by atoms with Crippen molar-refractivity contribution in [3.63, 3.8) is 0 Å². The number of thiazole rings is 1. The number of allylic oxidation sites excluding steroid dienone is 1. The molecule has 5 heteroatoms. The second kappa shape index (κ2) is 3.87. The summed E-state index contributed by atoms with van der Waals surface area (Å²) in [5.74, 6) is 0. The highest BCUT2D eigenvalue weighted by Gasteiger charge is 1.99. The number of nitrogens with zero attached hydrogens (tertiary/aromatic N) is 2. The Kier molecular flexibility index (Phi) is 2.82. The average molecular weight is 182 g/mol. The van der Waals surface area contributed by atoms with E-state index < -0.39 is 0 Å². The largest absolute Gasteiger partial charge is 0.375 e. The number of hydrazone groups is 1. The van der Waals surface area contributed by atoms with Gasteiger partial charge < -0.3 is 11.2 Å². The Morgan fingerprint density at radius 1 is 1.92 bits per heavy atom. The van der Waals surface area contributed by atoms with Gasteiger partial charge in [-0.05, 0) is 0 Å². The molecule has 1 aromatic heterocycles. The molecule has 0 spiro atoms. The standard InChI is InChI=1S/C7H10N4S/c1-5(3-10-9-2)6-4-12-7(8)11-6/h3-4,9H,1H2,2H3,(H2,8,11)/b10-3-. The summed E-state index contributed by atoms with van der Waals surface area (Å²) in [5, 5.41) is 6.20. The summed E-state index contributed by atoms with van der Waals surface area (Å²) in [4.78, 5) is 4.04. The summed E-state index contributed by atoms with van der Waals surface area (Å²) in [6.45, 7) is 3.78. The number of anilines is 1. The molecule has 0 unspecified atom stereocenters. The summed E-state index contributed by atoms with van der Waals surface area (Å²) < 4.78 is 0. The molecule has 0 aliphatic carbocycles. The molecule has 0 saturated carbocycles. The molecule has 12 heavy (non-hydrogen) atoms. The first-order chi connectivity index (χ1) is 5.74. The second-order valence-corrected chi connectivity index (χ2v) is 2.97. The lowest BCUT2D eigenvalue weighted by molar-refractivity contribution is 0.909. The Hall–Kier alpha value is -1.36. The predicted octanol–water partition coefficient (Wildman–Crippen LogP) is 0.944. The van der Waals surface area contributed by atoms with E-state index in [1.54, 1.807) is 13.3 Å². The van der Waals surface area contributed by atoms with Crippen LogP contribution < -0.4 is 11.2 Å². The maximum atomic E-state index is 5.45. The number of nitrogens with two attached hydrogens (primary N) is 1. The highest BCUT2D eigenvalue weighted by molar-refractivity contribution is 7.13. The van der Waals surface area contributed by atoms with Gasteiger partial charge in [-0.15, -0.1) is 11.3 Å². The van der Waals surface area contributed by atoms with Gasteiger partial charge in [0.1, 0.15) is 0 Å². The van der Waals surface area contributed by atoms with Crippen molar-refractivity contribution in [2.45, 2.75) is 0 Å². The summed E-state index contributed by atoms with van der Waals surface area (Å²) in [7, 11) is 1.72. The zero-order valence-corrected chi connectivity index (χ0v) is 7.56. The van der Waals surface area contributed by atoms with Crippen LogP contribution in [0.5, 0.6) is 0 Å². The van der Waals surface area contributed by atoms with Crippen molar-refractivity contribution >= 4 is 28.3 Å². The van der Waals surface area contributed by atoms with E-state index in [1.165, 1.54) is 11.3 Å². The minimum atomic E-state index is 0.545. The molecule has 0 radical (unpaired) electrons. The smallest absolute Gasteiger partial charge is 0.180 e. The minimum absolute atomic E-state index is 0.545. The van der Waals surface area contributed by atoms with Crippen molar-refractivity contribution < 1.29 is 0 Å². The van der Waals surface area contributed by atoms with Gasteiger partial charge >= 0.3 is 0 Å². The molecule has 0 fully saturated rings. The molecule has 0 atom stereocenters. The van der Waals surface area contributed by atoms with E-state index in [1.807, 2.05) is 5.38 Å². The first-order valence-electron chi connectivity index (χ1n) is 3.34. The van der Waals surface area contributed by atoms with Gasteiger partial charge in [0, 0.05) is 18.0 Å². The van der Waals surface area contributed by atoms with Gasteiger partial charge in [0.15, 0.2) is 5.13 Å². The molecule has 3 N–H and O–H groups in total. The van der Waals surface area contributed by atoms with E-state index in [4.69, 9.17) is 5.73 Å². The van der Waals surface area contributed by atoms with Gasteiger partial charge in [-0.25, -0.2) is 4.98 Å². The minimum Gasteiger partial charge on any atom is -0.375 e. The molecule has 4 nitrogen and oxygen atoms in total. The highest BCUT2D eigenvalue weighted by Crippen LogP contribution is 2.16. The van der Waals surface area contributed by atoms with E-state index in [9.17, 15) is 0 Å². The van der Waals surface area contributed by atoms with Crippen LogP contribution in [-0.4, -0.2) is 18.2 Å². The molecule has 0 aliphatic rings. The predicted molar refractivity (Wildman–Crippen MR) is 53.1 cm³/mol. The number of hydrogen-bond donors (Lipinski definition) is 2. The first-order valence-corrected chi connectivity index (χ1v) is 4.22. The molecular weight excluding hydrogens is 172 g/mol. The van der Waals surface area contributed by atoms with Crippen LogP contribution in [0, 0.1) is 0 Å². The first kappa shape index (κ1) is 8.73. The summed E-state index contributed by atoms with van der Waals surface area (Å²) in [6.07, 6.45) is 1.61. The third kappa shape index (κ3) is 2.06. The topological polar surface area (TPSA) is 63.3 Å². The van der Waals surface area contributed by atoms with Crippen LogP contribution in [0.2, 0.25) is 0 Å². The van der Waals surface area contributed by atoms with E-state index in [0.717, 1.165) is 11.3 Å². The lowest BCUT2D eigenvalue weighted by Crippen LogP contribution is -1.95. The van der Waals surface area contributed by atoms with Crippen LogP contribution in [0.25, 0.3) is 5.57 Å². The van der Waals surface area contributed by atoms with Crippen LogP contribution in [-0.2, 0) is 0 Å². The zero-order chi connectivity index (χ0) is 8.97. The van der Waals surface area contributed by atoms with Crippen LogP contribution in [0.3, 0.4) is 0 Å². The van der Waals surface area contributed by atoms with Gasteiger partial charge in [0.25, 0.3) is 0 Å². The van der Waals surface area contributed by atoms with Crippen molar-refractivity contribution in [3.8, 4) is 0 Å². The normalized spacial score (nSPS) is 10.4. The van der Waals surface area contributed by atoms with Crippen LogP contribution in [0.15, 0.2) is 17.1 Å². The van der Waals surface area contributed by atoms with Gasteiger partial charge in [0.05, 0.1) is 11.9 Å². The van der Waals surface area contributed by atoms with Crippen molar-refractivity contribution in [2.24, 2.45) is 5.10 Å². The molecule has 0 saturated heterocycles. The fourth-order valence-electron chi connectivity index (χ4n) is 0.644. The molecule has 1 rings (SSSR count). The van der Waals surface area contributed by atoms with E-state index in [-0.39, 0.29) is 0 Å². The van der Waals surface area contributed by atoms with E-state index in [2.05, 4.69) is 22.1 Å². The highest BCUT2D eigenvalue weighted by atomic mass is 32.1. The SMILES string of the molecule is C=C(/C=N\NC)c1csc(N)n1. The maximum Gasteiger partial charge on any atom is 0.180 e. The Morgan fingerprint density at radius 2 is 2.67 bits per heavy atom. The molecule has 0 aromatic carbocycles. The Balaban J connectivity index is 2.72. The monoisotopic (exact) mass is 182 g/mol. The van der Waals surface area contributed by atoms with Gasteiger partial charge in [0.2, 0.25) is 0 Å². The average Bonchev–Trinajstić information content (AvgIpc) is 2.47. The molecule has 0 amide bonds. The molecule has 1 aromatic rings. The number of hydrogen-bond acceptors (Lipinski definition) is 5. The second-order valence-electron chi connectivity index (χ2n) is 2.08. The molecule has 0 bridgehead atoms. The lowest BCUT2D eigenvalue weighted by Gasteiger charge is -1.91.